The zero-order chi connectivity index (χ0) is 18.7. The fourth-order valence-corrected chi connectivity index (χ4v) is 3.87. The molecule has 0 aliphatic heterocycles. The summed E-state index contributed by atoms with van der Waals surface area (Å²) in [6, 6.07) is 13.0. The van der Waals surface area contributed by atoms with Gasteiger partial charge in [0.05, 0.1) is 22.6 Å². The summed E-state index contributed by atoms with van der Waals surface area (Å²) in [5.74, 6) is -2.08. The summed E-state index contributed by atoms with van der Waals surface area (Å²) in [5, 5.41) is 2.53. The van der Waals surface area contributed by atoms with Crippen LogP contribution in [0.3, 0.4) is 0 Å². The Labute approximate surface area is 154 Å². The molecule has 3 rings (SSSR count). The van der Waals surface area contributed by atoms with Gasteiger partial charge in [-0.05, 0) is 36.4 Å². The molecule has 26 heavy (non-hydrogen) atoms. The van der Waals surface area contributed by atoms with Crippen LogP contribution in [0.2, 0.25) is 5.02 Å². The van der Waals surface area contributed by atoms with E-state index < -0.39 is 27.3 Å². The van der Waals surface area contributed by atoms with Crippen molar-refractivity contribution in [1.29, 1.82) is 0 Å². The Kier molecular flexibility index (Phi) is 5.11. The highest BCUT2D eigenvalue weighted by Crippen LogP contribution is 2.23. The number of carbonyl (C=O) groups excluding carboxylic acids is 1. The Balaban J connectivity index is 1.83. The van der Waals surface area contributed by atoms with Crippen molar-refractivity contribution < 1.29 is 22.0 Å². The number of amides is 1. The second-order valence-corrected chi connectivity index (χ2v) is 7.85. The van der Waals surface area contributed by atoms with Crippen molar-refractivity contribution in [3.63, 3.8) is 0 Å². The number of sulfone groups is 1. The third-order valence-corrected chi connectivity index (χ3v) is 5.50. The van der Waals surface area contributed by atoms with E-state index in [2.05, 4.69) is 5.32 Å². The minimum atomic E-state index is -3.66. The molecule has 1 N–H and O–H groups in total. The van der Waals surface area contributed by atoms with Crippen LogP contribution in [-0.2, 0) is 15.6 Å². The summed E-state index contributed by atoms with van der Waals surface area (Å²) < 4.78 is 43.9. The second-order valence-electron chi connectivity index (χ2n) is 5.43. The van der Waals surface area contributed by atoms with Crippen LogP contribution in [0.25, 0.3) is 0 Å². The minimum absolute atomic E-state index is 0.0901. The van der Waals surface area contributed by atoms with E-state index in [1.165, 1.54) is 36.6 Å². The summed E-state index contributed by atoms with van der Waals surface area (Å²) in [7, 11) is -3.66. The largest absolute Gasteiger partial charge is 0.459 e. The van der Waals surface area contributed by atoms with E-state index in [0.717, 1.165) is 6.07 Å². The van der Waals surface area contributed by atoms with Crippen molar-refractivity contribution in [2.75, 3.05) is 5.32 Å². The van der Waals surface area contributed by atoms with Gasteiger partial charge in [0.15, 0.2) is 15.6 Å². The van der Waals surface area contributed by atoms with Crippen LogP contribution < -0.4 is 5.32 Å². The number of nitrogens with one attached hydrogen (secondary N) is 1. The third kappa shape index (κ3) is 3.95. The van der Waals surface area contributed by atoms with E-state index >= 15 is 0 Å². The van der Waals surface area contributed by atoms with Crippen molar-refractivity contribution in [2.45, 2.75) is 10.6 Å². The molecule has 0 bridgehead atoms. The van der Waals surface area contributed by atoms with E-state index in [1.807, 2.05) is 0 Å². The number of anilines is 1. The molecule has 0 radical (unpaired) electrons. The predicted molar refractivity (Wildman–Crippen MR) is 95.4 cm³/mol. The van der Waals surface area contributed by atoms with Gasteiger partial charge >= 0.3 is 0 Å². The second kappa shape index (κ2) is 7.31. The van der Waals surface area contributed by atoms with Crippen LogP contribution in [0.4, 0.5) is 10.1 Å². The molecule has 0 aliphatic carbocycles. The molecule has 1 heterocycles. The quantitative estimate of drug-likeness (QED) is 0.701. The SMILES string of the molecule is O=C(Nc1ccc(Cl)cc1F)c1occc1CS(=O)(=O)c1ccccc1. The lowest BCUT2D eigenvalue weighted by Crippen LogP contribution is -2.15. The first-order valence-corrected chi connectivity index (χ1v) is 9.50. The maximum absolute atomic E-state index is 13.8. The number of furan rings is 1. The van der Waals surface area contributed by atoms with Crippen LogP contribution in [0.5, 0.6) is 0 Å². The van der Waals surface area contributed by atoms with Crippen molar-refractivity contribution in [2.24, 2.45) is 0 Å². The highest BCUT2D eigenvalue weighted by Gasteiger charge is 2.23. The lowest BCUT2D eigenvalue weighted by atomic mass is 10.2. The molecule has 0 atom stereocenters. The van der Waals surface area contributed by atoms with Gasteiger partial charge in [0, 0.05) is 10.6 Å². The Morgan fingerprint density at radius 2 is 1.85 bits per heavy atom. The molecule has 0 saturated carbocycles. The smallest absolute Gasteiger partial charge is 0.291 e. The van der Waals surface area contributed by atoms with Crippen LogP contribution in [0.1, 0.15) is 16.1 Å². The fraction of sp³-hybridized carbons (Fsp3) is 0.0556. The Bertz CT molecular complexity index is 1050. The molecule has 1 aromatic heterocycles. The van der Waals surface area contributed by atoms with Gasteiger partial charge in [-0.15, -0.1) is 0 Å². The standard InChI is InChI=1S/C18H13ClFNO4S/c19-13-6-7-16(15(20)10-13)21-18(22)17-12(8-9-25-17)11-26(23,24)14-4-2-1-3-5-14/h1-10H,11H2,(H,21,22). The van der Waals surface area contributed by atoms with Gasteiger partial charge in [-0.1, -0.05) is 29.8 Å². The molecule has 5 nitrogen and oxygen atoms in total. The predicted octanol–water partition coefficient (Wildman–Crippen LogP) is 4.30. The van der Waals surface area contributed by atoms with Crippen LogP contribution in [0.15, 0.2) is 70.2 Å². The number of hydrogen-bond donors (Lipinski definition) is 1. The molecule has 0 aliphatic rings. The van der Waals surface area contributed by atoms with Crippen LogP contribution in [0, 0.1) is 5.82 Å². The first kappa shape index (κ1) is 18.2. The molecule has 0 spiro atoms. The van der Waals surface area contributed by atoms with Gasteiger partial charge in [-0.2, -0.15) is 0 Å². The van der Waals surface area contributed by atoms with Crippen molar-refractivity contribution in [3.05, 3.63) is 83.0 Å². The normalized spacial score (nSPS) is 11.3. The molecule has 3 aromatic rings. The number of benzene rings is 2. The molecule has 1 amide bonds. The van der Waals surface area contributed by atoms with Gasteiger partial charge in [-0.3, -0.25) is 4.79 Å². The van der Waals surface area contributed by atoms with Gasteiger partial charge in [-0.25, -0.2) is 12.8 Å². The molecular weight excluding hydrogens is 381 g/mol. The summed E-state index contributed by atoms with van der Waals surface area (Å²) in [4.78, 5) is 12.5. The number of rotatable bonds is 5. The first-order chi connectivity index (χ1) is 12.4. The topological polar surface area (TPSA) is 76.4 Å². The van der Waals surface area contributed by atoms with E-state index in [9.17, 15) is 17.6 Å². The van der Waals surface area contributed by atoms with Crippen molar-refractivity contribution in [3.8, 4) is 0 Å². The highest BCUT2D eigenvalue weighted by molar-refractivity contribution is 7.90. The summed E-state index contributed by atoms with van der Waals surface area (Å²) >= 11 is 5.67. The van der Waals surface area contributed by atoms with Gasteiger partial charge < -0.3 is 9.73 Å². The number of halogens is 2. The average molecular weight is 394 g/mol. The third-order valence-electron chi connectivity index (χ3n) is 3.58. The average Bonchev–Trinajstić information content (AvgIpc) is 3.05. The van der Waals surface area contributed by atoms with Crippen molar-refractivity contribution in [1.82, 2.24) is 0 Å². The molecule has 134 valence electrons. The number of carbonyl (C=O) groups is 1. The lowest BCUT2D eigenvalue weighted by Gasteiger charge is -2.07. The highest BCUT2D eigenvalue weighted by atomic mass is 35.5. The molecule has 0 unspecified atom stereocenters. The minimum Gasteiger partial charge on any atom is -0.459 e. The first-order valence-electron chi connectivity index (χ1n) is 7.47. The summed E-state index contributed by atoms with van der Waals surface area (Å²) in [5.41, 5.74) is 0.0911. The summed E-state index contributed by atoms with van der Waals surface area (Å²) in [6.45, 7) is 0. The zero-order valence-corrected chi connectivity index (χ0v) is 14.9. The molecular formula is C18H13ClFNO4S. The van der Waals surface area contributed by atoms with Crippen molar-refractivity contribution >= 4 is 33.0 Å². The molecule has 8 heteroatoms. The van der Waals surface area contributed by atoms with E-state index in [0.29, 0.717) is 0 Å². The van der Waals surface area contributed by atoms with E-state index in [4.69, 9.17) is 16.0 Å². The molecule has 0 fully saturated rings. The van der Waals surface area contributed by atoms with Gasteiger partial charge in [0.1, 0.15) is 5.82 Å². The maximum Gasteiger partial charge on any atom is 0.291 e. The lowest BCUT2D eigenvalue weighted by molar-refractivity contribution is 0.0995. The maximum atomic E-state index is 13.8. The Morgan fingerprint density at radius 3 is 2.54 bits per heavy atom. The van der Waals surface area contributed by atoms with E-state index in [-0.39, 0.29) is 26.9 Å². The van der Waals surface area contributed by atoms with Gasteiger partial charge in [0.2, 0.25) is 0 Å². The fourth-order valence-electron chi connectivity index (χ4n) is 2.33. The summed E-state index contributed by atoms with van der Waals surface area (Å²) in [6.07, 6.45) is 1.21. The zero-order valence-electron chi connectivity index (χ0n) is 13.3. The molecule has 2 aromatic carbocycles. The van der Waals surface area contributed by atoms with Crippen LogP contribution >= 0.6 is 11.6 Å². The van der Waals surface area contributed by atoms with Crippen LogP contribution in [-0.4, -0.2) is 14.3 Å². The monoisotopic (exact) mass is 393 g/mol. The number of hydrogen-bond acceptors (Lipinski definition) is 4. The molecule has 0 saturated heterocycles. The Morgan fingerprint density at radius 1 is 1.12 bits per heavy atom. The van der Waals surface area contributed by atoms with E-state index in [1.54, 1.807) is 18.2 Å². The van der Waals surface area contributed by atoms with Gasteiger partial charge in [0.25, 0.3) is 5.91 Å². The Hall–Kier alpha value is -2.64.